The average molecular weight is 662 g/mol. The normalized spacial score (nSPS) is 14.5. The van der Waals surface area contributed by atoms with Crippen molar-refractivity contribution in [1.82, 2.24) is 10.6 Å². The zero-order valence-corrected chi connectivity index (χ0v) is 22.4. The molecular formula is C28H22F12N2O3. The topological polar surface area (TPSA) is 70.6 Å². The molecule has 2 atom stereocenters. The number of halogens is 12. The molecule has 0 aliphatic heterocycles. The highest BCUT2D eigenvalue weighted by atomic mass is 19.4. The predicted octanol–water partition coefficient (Wildman–Crippen LogP) is 7.32. The predicted molar refractivity (Wildman–Crippen MR) is 134 cm³/mol. The van der Waals surface area contributed by atoms with E-state index >= 15 is 0 Å². The lowest BCUT2D eigenvalue weighted by Crippen LogP contribution is -2.52. The third kappa shape index (κ3) is 8.95. The minimum Gasteiger partial charge on any atom is -0.428 e. The summed E-state index contributed by atoms with van der Waals surface area (Å²) in [6.07, 6.45) is -24.5. The van der Waals surface area contributed by atoms with Gasteiger partial charge in [-0.1, -0.05) is 36.4 Å². The highest BCUT2D eigenvalue weighted by Gasteiger charge is 2.45. The number of alkyl halides is 10. The number of urea groups is 1. The van der Waals surface area contributed by atoms with Gasteiger partial charge in [-0.05, 0) is 47.4 Å². The lowest BCUT2D eigenvalue weighted by atomic mass is 9.77. The number of hydrogen-bond acceptors (Lipinski definition) is 3. The number of nitrogens with one attached hydrogen (secondary N) is 2. The van der Waals surface area contributed by atoms with Crippen LogP contribution < -0.4 is 15.4 Å². The van der Waals surface area contributed by atoms with Crippen molar-refractivity contribution >= 4 is 6.03 Å². The van der Waals surface area contributed by atoms with Crippen LogP contribution in [0.4, 0.5) is 57.5 Å². The molecular weight excluding hydrogens is 640 g/mol. The summed E-state index contributed by atoms with van der Waals surface area (Å²) in [5, 5.41) is 13.4. The Bertz CT molecular complexity index is 1470. The molecule has 3 rings (SSSR count). The highest BCUT2D eigenvalue weighted by molar-refractivity contribution is 5.76. The Hall–Kier alpha value is -4.15. The van der Waals surface area contributed by atoms with Crippen LogP contribution in [0.3, 0.4) is 0 Å². The standard InChI is InChI=1S/C28H22F12N2O3/c29-18-10-17(11-19(13-18)45-28(39,40)23(31)32)25(14-15-4-2-1-3-5-15,16-6-7-21(30)20(12-16)26(33,34)35)42-24(44)41-9-8-22(43)27(36,37)38/h1-7,10-13,22-23,43H,8-9,14H2,(H2,41,42,44)/t22?,25-/m1/s1. The van der Waals surface area contributed by atoms with E-state index in [1.807, 2.05) is 5.32 Å². The van der Waals surface area contributed by atoms with Gasteiger partial charge in [-0.15, -0.1) is 0 Å². The lowest BCUT2D eigenvalue weighted by molar-refractivity contribution is -0.253. The van der Waals surface area contributed by atoms with Crippen molar-refractivity contribution in [2.75, 3.05) is 6.54 Å². The first-order valence-electron chi connectivity index (χ1n) is 12.6. The molecule has 0 saturated heterocycles. The molecule has 0 aliphatic carbocycles. The number of carbonyl (C=O) groups excluding carboxylic acids is 1. The number of hydrogen-bond donors (Lipinski definition) is 3. The second kappa shape index (κ2) is 13.5. The summed E-state index contributed by atoms with van der Waals surface area (Å²) in [5.74, 6) is -4.47. The third-order valence-electron chi connectivity index (χ3n) is 6.36. The Morgan fingerprint density at radius 1 is 0.844 bits per heavy atom. The molecule has 3 N–H and O–H groups in total. The van der Waals surface area contributed by atoms with Crippen LogP contribution in [0.1, 0.15) is 28.7 Å². The summed E-state index contributed by atoms with van der Waals surface area (Å²) in [7, 11) is 0. The van der Waals surface area contributed by atoms with Gasteiger partial charge in [-0.25, -0.2) is 13.6 Å². The second-order valence-electron chi connectivity index (χ2n) is 9.63. The van der Waals surface area contributed by atoms with Gasteiger partial charge in [0.25, 0.3) is 0 Å². The molecule has 0 spiro atoms. The third-order valence-corrected chi connectivity index (χ3v) is 6.36. The number of amides is 2. The fraction of sp³-hybridized carbons (Fsp3) is 0.321. The molecule has 0 aromatic heterocycles. The van der Waals surface area contributed by atoms with Crippen LogP contribution in [0.5, 0.6) is 5.75 Å². The SMILES string of the molecule is O=C(NCCC(O)C(F)(F)F)N[C@@](Cc1ccccc1)(c1cc(F)cc(OC(F)(F)C(F)F)c1)c1ccc(F)c(C(F)(F)F)c1. The minimum atomic E-state index is -5.33. The molecule has 0 fully saturated rings. The van der Waals surface area contributed by atoms with E-state index in [0.29, 0.717) is 18.2 Å². The van der Waals surface area contributed by atoms with Crippen molar-refractivity contribution < 1.29 is 67.3 Å². The fourth-order valence-electron chi connectivity index (χ4n) is 4.26. The molecule has 3 aromatic carbocycles. The van der Waals surface area contributed by atoms with E-state index in [0.717, 1.165) is 6.07 Å². The number of aliphatic hydroxyl groups excluding tert-OH is 1. The number of rotatable bonds is 11. The molecule has 1 unspecified atom stereocenters. The van der Waals surface area contributed by atoms with E-state index in [4.69, 9.17) is 0 Å². The quantitative estimate of drug-likeness (QED) is 0.189. The molecule has 0 saturated carbocycles. The molecule has 45 heavy (non-hydrogen) atoms. The molecule has 0 radical (unpaired) electrons. The van der Waals surface area contributed by atoms with Gasteiger partial charge in [-0.2, -0.15) is 43.9 Å². The van der Waals surface area contributed by atoms with Crippen molar-refractivity contribution in [3.63, 3.8) is 0 Å². The smallest absolute Gasteiger partial charge is 0.428 e. The van der Waals surface area contributed by atoms with Crippen molar-refractivity contribution in [2.45, 2.75) is 49.4 Å². The monoisotopic (exact) mass is 662 g/mol. The van der Waals surface area contributed by atoms with Crippen LogP contribution in [-0.4, -0.2) is 42.5 Å². The average Bonchev–Trinajstić information content (AvgIpc) is 2.91. The summed E-state index contributed by atoms with van der Waals surface area (Å²) in [6, 6.07) is 8.35. The van der Waals surface area contributed by atoms with Gasteiger partial charge in [0.15, 0.2) is 6.10 Å². The van der Waals surface area contributed by atoms with E-state index in [-0.39, 0.29) is 17.7 Å². The largest absolute Gasteiger partial charge is 0.461 e. The summed E-state index contributed by atoms with van der Waals surface area (Å²) >= 11 is 0. The maximum absolute atomic E-state index is 14.8. The van der Waals surface area contributed by atoms with Crippen molar-refractivity contribution in [3.05, 3.63) is 101 Å². The van der Waals surface area contributed by atoms with Gasteiger partial charge < -0.3 is 20.5 Å². The molecule has 5 nitrogen and oxygen atoms in total. The molecule has 0 heterocycles. The maximum Gasteiger partial charge on any atom is 0.461 e. The summed E-state index contributed by atoms with van der Waals surface area (Å²) in [4.78, 5) is 13.0. The van der Waals surface area contributed by atoms with Crippen LogP contribution in [0, 0.1) is 11.6 Å². The van der Waals surface area contributed by atoms with Crippen LogP contribution in [0.15, 0.2) is 66.7 Å². The van der Waals surface area contributed by atoms with Gasteiger partial charge in [0.05, 0.1) is 11.1 Å². The minimum absolute atomic E-state index is 0.188. The van der Waals surface area contributed by atoms with Crippen LogP contribution in [-0.2, 0) is 18.1 Å². The van der Waals surface area contributed by atoms with Crippen molar-refractivity contribution in [2.24, 2.45) is 0 Å². The fourth-order valence-corrected chi connectivity index (χ4v) is 4.26. The van der Waals surface area contributed by atoms with E-state index in [1.165, 1.54) is 30.3 Å². The Balaban J connectivity index is 2.25. The van der Waals surface area contributed by atoms with Crippen molar-refractivity contribution in [3.8, 4) is 5.75 Å². The van der Waals surface area contributed by atoms with Crippen LogP contribution in [0.25, 0.3) is 0 Å². The highest BCUT2D eigenvalue weighted by Crippen LogP contribution is 2.40. The first kappa shape index (κ1) is 35.3. The zero-order valence-electron chi connectivity index (χ0n) is 22.4. The molecule has 246 valence electrons. The Morgan fingerprint density at radius 3 is 2.07 bits per heavy atom. The molecule has 0 bridgehead atoms. The van der Waals surface area contributed by atoms with Gasteiger partial charge in [-0.3, -0.25) is 0 Å². The van der Waals surface area contributed by atoms with Gasteiger partial charge in [0, 0.05) is 19.0 Å². The molecule has 17 heteroatoms. The number of aliphatic hydroxyl groups is 1. The summed E-state index contributed by atoms with van der Waals surface area (Å²) < 4.78 is 166. The zero-order chi connectivity index (χ0) is 33.8. The van der Waals surface area contributed by atoms with Gasteiger partial charge in [0.1, 0.15) is 17.4 Å². The maximum atomic E-state index is 14.8. The lowest BCUT2D eigenvalue weighted by Gasteiger charge is -2.37. The van der Waals surface area contributed by atoms with E-state index in [2.05, 4.69) is 10.1 Å². The number of carbonyl (C=O) groups is 1. The van der Waals surface area contributed by atoms with Crippen molar-refractivity contribution in [1.29, 1.82) is 0 Å². The van der Waals surface area contributed by atoms with Gasteiger partial charge >= 0.3 is 30.9 Å². The molecule has 3 aromatic rings. The number of ether oxygens (including phenoxy) is 1. The van der Waals surface area contributed by atoms with E-state index in [1.54, 1.807) is 0 Å². The van der Waals surface area contributed by atoms with Gasteiger partial charge in [0.2, 0.25) is 0 Å². The first-order valence-corrected chi connectivity index (χ1v) is 12.6. The number of benzene rings is 3. The molecule has 2 amide bonds. The first-order chi connectivity index (χ1) is 20.7. The van der Waals surface area contributed by atoms with E-state index in [9.17, 15) is 62.6 Å². The Morgan fingerprint density at radius 2 is 1.49 bits per heavy atom. The summed E-state index contributed by atoms with van der Waals surface area (Å²) in [5.41, 5.74) is -5.47. The molecule has 0 aliphatic rings. The summed E-state index contributed by atoms with van der Waals surface area (Å²) in [6.45, 7) is -0.858. The second-order valence-corrected chi connectivity index (χ2v) is 9.63. The van der Waals surface area contributed by atoms with Crippen LogP contribution >= 0.6 is 0 Å². The Labute approximate surface area is 246 Å². The Kier molecular flexibility index (Phi) is 10.6. The van der Waals surface area contributed by atoms with Crippen LogP contribution in [0.2, 0.25) is 0 Å². The van der Waals surface area contributed by atoms with E-state index < -0.39 is 96.0 Å².